The molecule has 0 bridgehead atoms. The maximum Gasteiger partial charge on any atom is 0.472 e. The number of ether oxygens (including phenoxy) is 2. The maximum absolute atomic E-state index is 12.8. The fraction of sp³-hybridized carbons (Fsp3) is 0.649. The molecule has 0 spiro atoms. The quantitative estimate of drug-likeness (QED) is 0.0211. The first-order chi connectivity index (χ1) is 41.0. The highest BCUT2D eigenvalue weighted by Crippen LogP contribution is 2.43. The number of carbonyl (C=O) groups excluding carboxylic acids is 2. The van der Waals surface area contributed by atoms with E-state index in [1.54, 1.807) is 0 Å². The van der Waals surface area contributed by atoms with E-state index >= 15 is 0 Å². The fourth-order valence-electron chi connectivity index (χ4n) is 8.73. The van der Waals surface area contributed by atoms with Crippen LogP contribution >= 0.6 is 7.82 Å². The van der Waals surface area contributed by atoms with E-state index in [4.69, 9.17) is 18.5 Å². The minimum atomic E-state index is -4.42. The topological polar surface area (TPSA) is 108 Å². The van der Waals surface area contributed by atoms with Gasteiger partial charge in [0.05, 0.1) is 27.7 Å². The van der Waals surface area contributed by atoms with Crippen molar-refractivity contribution in [1.29, 1.82) is 0 Å². The van der Waals surface area contributed by atoms with E-state index in [-0.39, 0.29) is 32.0 Å². The number of hydrogen-bond acceptors (Lipinski definition) is 7. The van der Waals surface area contributed by atoms with Crippen molar-refractivity contribution in [2.45, 2.75) is 264 Å². The van der Waals surface area contributed by atoms with Gasteiger partial charge in [0.15, 0.2) is 6.10 Å². The molecule has 0 saturated heterocycles. The third-order valence-electron chi connectivity index (χ3n) is 13.9. The molecule has 0 aliphatic heterocycles. The smallest absolute Gasteiger partial charge is 0.462 e. The summed E-state index contributed by atoms with van der Waals surface area (Å²) in [6.45, 7) is 4.24. The fourth-order valence-corrected chi connectivity index (χ4v) is 9.47. The number of phosphoric ester groups is 1. The summed E-state index contributed by atoms with van der Waals surface area (Å²) in [6.07, 6.45) is 93.8. The molecule has 478 valence electrons. The summed E-state index contributed by atoms with van der Waals surface area (Å²) in [5, 5.41) is 0. The van der Waals surface area contributed by atoms with Crippen LogP contribution < -0.4 is 0 Å². The van der Waals surface area contributed by atoms with Crippen molar-refractivity contribution >= 4 is 19.8 Å². The number of unbranched alkanes of at least 4 members (excludes halogenated alkanes) is 22. The minimum Gasteiger partial charge on any atom is -0.462 e. The van der Waals surface area contributed by atoms with Crippen LogP contribution in [0.3, 0.4) is 0 Å². The molecule has 0 amide bonds. The number of quaternary nitrogens is 1. The third-order valence-corrected chi connectivity index (χ3v) is 14.8. The predicted molar refractivity (Wildman–Crippen MR) is 362 cm³/mol. The summed E-state index contributed by atoms with van der Waals surface area (Å²) in [5.74, 6) is -0.873. The van der Waals surface area contributed by atoms with E-state index in [1.807, 2.05) is 21.1 Å². The van der Waals surface area contributed by atoms with Crippen molar-refractivity contribution in [3.8, 4) is 0 Å². The Kier molecular flexibility index (Phi) is 60.3. The van der Waals surface area contributed by atoms with Crippen LogP contribution in [-0.2, 0) is 32.7 Å². The molecule has 84 heavy (non-hydrogen) atoms. The highest BCUT2D eigenvalue weighted by Gasteiger charge is 2.27. The third kappa shape index (κ3) is 67.0. The Labute approximate surface area is 516 Å². The Bertz CT molecular complexity index is 1930. The van der Waals surface area contributed by atoms with Gasteiger partial charge in [-0.3, -0.25) is 18.6 Å². The lowest BCUT2D eigenvalue weighted by Gasteiger charge is -2.24. The molecule has 0 aliphatic rings. The van der Waals surface area contributed by atoms with E-state index < -0.39 is 26.5 Å². The van der Waals surface area contributed by atoms with Crippen LogP contribution in [0.1, 0.15) is 258 Å². The summed E-state index contributed by atoms with van der Waals surface area (Å²) in [4.78, 5) is 35.8. The summed E-state index contributed by atoms with van der Waals surface area (Å²) in [7, 11) is 1.42. The number of esters is 2. The maximum atomic E-state index is 12.8. The van der Waals surface area contributed by atoms with Crippen molar-refractivity contribution in [2.75, 3.05) is 47.5 Å². The van der Waals surface area contributed by atoms with Gasteiger partial charge in [-0.05, 0) is 116 Å². The Balaban J connectivity index is 4.20. The van der Waals surface area contributed by atoms with Crippen LogP contribution in [-0.4, -0.2) is 74.9 Å². The predicted octanol–water partition coefficient (Wildman–Crippen LogP) is 21.8. The number of nitrogens with zero attached hydrogens (tertiary/aromatic N) is 1. The van der Waals surface area contributed by atoms with Gasteiger partial charge < -0.3 is 18.9 Å². The van der Waals surface area contributed by atoms with Gasteiger partial charge in [0, 0.05) is 12.8 Å². The first kappa shape index (κ1) is 79.9. The highest BCUT2D eigenvalue weighted by atomic mass is 31.2. The van der Waals surface area contributed by atoms with Crippen LogP contribution in [0.4, 0.5) is 0 Å². The Morgan fingerprint density at radius 3 is 1.05 bits per heavy atom. The molecule has 9 nitrogen and oxygen atoms in total. The lowest BCUT2D eigenvalue weighted by atomic mass is 10.0. The summed E-state index contributed by atoms with van der Waals surface area (Å²) in [6, 6.07) is 0. The van der Waals surface area contributed by atoms with Crippen molar-refractivity contribution in [3.63, 3.8) is 0 Å². The van der Waals surface area contributed by atoms with E-state index in [0.717, 1.165) is 89.9 Å². The second-order valence-corrected chi connectivity index (χ2v) is 24.6. The number of carbonyl (C=O) groups is 2. The monoisotopic (exact) mass is 1190 g/mol. The molecule has 0 radical (unpaired) electrons. The Morgan fingerprint density at radius 1 is 0.381 bits per heavy atom. The van der Waals surface area contributed by atoms with Gasteiger partial charge >= 0.3 is 19.8 Å². The van der Waals surface area contributed by atoms with Crippen LogP contribution in [0, 0.1) is 0 Å². The minimum absolute atomic E-state index is 0.0133. The first-order valence-electron chi connectivity index (χ1n) is 33.6. The van der Waals surface area contributed by atoms with Crippen molar-refractivity contribution in [2.24, 2.45) is 0 Å². The van der Waals surface area contributed by atoms with E-state index in [2.05, 4.69) is 160 Å². The average molecular weight is 1190 g/mol. The molecular formula is C74H125NO8P+. The standard InChI is InChI=1S/C74H124NO8P/c1-6-8-10-12-14-16-18-20-22-24-26-28-30-32-34-36-37-39-40-42-44-46-48-50-52-54-56-58-60-62-64-66-73(76)80-70-72(71-82-84(78,79)81-69-68-75(3,4)5)83-74(77)67-65-63-61-59-57-55-53-51-49-47-45-43-41-38-35-33-31-29-27-25-23-21-19-17-15-13-11-9-7-2/h9,11,15,17-18,20-21,23-24,26-27,29-30,32-33,35,41,43,47,49,53,55,59,61,72H,6-8,10,12-14,16,19,22,25,28,31,34,36-40,42,44-46,48,50-52,54,56-58,60,62-71H2,1-5H3/p+1/b11-9-,17-15-,20-18-,23-21-,26-24-,29-27-,32-30-,35-33-,43-41-,49-47-,55-53-,61-59-. The molecule has 2 atom stereocenters. The van der Waals surface area contributed by atoms with Gasteiger partial charge in [-0.2, -0.15) is 0 Å². The Hall–Kier alpha value is -4.11. The van der Waals surface area contributed by atoms with Crippen LogP contribution in [0.15, 0.2) is 146 Å². The van der Waals surface area contributed by atoms with Crippen molar-refractivity contribution in [3.05, 3.63) is 146 Å². The lowest BCUT2D eigenvalue weighted by molar-refractivity contribution is -0.870. The first-order valence-corrected chi connectivity index (χ1v) is 35.1. The largest absolute Gasteiger partial charge is 0.472 e. The number of likely N-dealkylation sites (N-methyl/N-ethyl adjacent to an activating group) is 1. The normalized spacial score (nSPS) is 14.1. The van der Waals surface area contributed by atoms with Gasteiger partial charge in [0.1, 0.15) is 19.8 Å². The van der Waals surface area contributed by atoms with Crippen LogP contribution in [0.2, 0.25) is 0 Å². The van der Waals surface area contributed by atoms with E-state index in [1.165, 1.54) is 128 Å². The molecular weight excluding hydrogens is 1060 g/mol. The molecule has 1 N–H and O–H groups in total. The van der Waals surface area contributed by atoms with Crippen LogP contribution in [0.25, 0.3) is 0 Å². The van der Waals surface area contributed by atoms with Gasteiger partial charge in [-0.15, -0.1) is 0 Å². The molecule has 0 aromatic rings. The molecule has 0 fully saturated rings. The summed E-state index contributed by atoms with van der Waals surface area (Å²) < 4.78 is 34.6. The zero-order valence-corrected chi connectivity index (χ0v) is 55.2. The second-order valence-electron chi connectivity index (χ2n) is 23.1. The van der Waals surface area contributed by atoms with E-state index in [0.29, 0.717) is 23.9 Å². The molecule has 0 aromatic carbocycles. The van der Waals surface area contributed by atoms with Gasteiger partial charge in [0.2, 0.25) is 0 Å². The molecule has 2 unspecified atom stereocenters. The molecule has 0 aliphatic carbocycles. The molecule has 0 saturated carbocycles. The molecule has 10 heteroatoms. The lowest BCUT2D eigenvalue weighted by Crippen LogP contribution is -2.37. The molecule has 0 aromatic heterocycles. The van der Waals surface area contributed by atoms with Gasteiger partial charge in [-0.1, -0.05) is 275 Å². The zero-order valence-electron chi connectivity index (χ0n) is 54.3. The van der Waals surface area contributed by atoms with E-state index in [9.17, 15) is 19.0 Å². The Morgan fingerprint density at radius 2 is 0.690 bits per heavy atom. The molecule has 0 heterocycles. The average Bonchev–Trinajstić information content (AvgIpc) is 3.61. The second kappa shape index (κ2) is 63.4. The number of phosphoric acid groups is 1. The summed E-state index contributed by atoms with van der Waals surface area (Å²) >= 11 is 0. The number of hydrogen-bond donors (Lipinski definition) is 1. The zero-order chi connectivity index (χ0) is 61.2. The SMILES string of the molecule is CC/C=C\C/C=C\C/C=C\C/C=C\C/C=C\C/C=C\C/C=C\C/C=C\C/C=C\CCCC(=O)OC(COC(=O)CCCCCCCCCCCCCCCCCC/C=C\C/C=C\C/C=C\CCCCCCC)COP(=O)(O)OCC[N+](C)(C)C. The summed E-state index contributed by atoms with van der Waals surface area (Å²) in [5.41, 5.74) is 0. The highest BCUT2D eigenvalue weighted by molar-refractivity contribution is 7.47. The van der Waals surface area contributed by atoms with Gasteiger partial charge in [0.25, 0.3) is 0 Å². The number of allylic oxidation sites excluding steroid dienone is 24. The van der Waals surface area contributed by atoms with Crippen molar-refractivity contribution < 1.29 is 42.1 Å². The van der Waals surface area contributed by atoms with Gasteiger partial charge in [-0.25, -0.2) is 4.57 Å². The number of rotatable bonds is 60. The van der Waals surface area contributed by atoms with Crippen molar-refractivity contribution in [1.82, 2.24) is 0 Å². The molecule has 0 rings (SSSR count). The van der Waals surface area contributed by atoms with Crippen LogP contribution in [0.5, 0.6) is 0 Å².